The number of nitrogens with one attached hydrogen (secondary N) is 1. The van der Waals surface area contributed by atoms with Gasteiger partial charge < -0.3 is 5.32 Å². The van der Waals surface area contributed by atoms with Gasteiger partial charge >= 0.3 is 0 Å². The maximum atomic E-state index is 13.4. The summed E-state index contributed by atoms with van der Waals surface area (Å²) in [4.78, 5) is 11.8. The van der Waals surface area contributed by atoms with Gasteiger partial charge in [-0.25, -0.2) is 4.39 Å². The monoisotopic (exact) mass is 297 g/mol. The zero-order chi connectivity index (χ0) is 13.8. The minimum atomic E-state index is -0.474. The molecular formula is C14H10Cl2FNO. The van der Waals surface area contributed by atoms with E-state index >= 15 is 0 Å². The van der Waals surface area contributed by atoms with Crippen LogP contribution in [-0.4, -0.2) is 5.91 Å². The van der Waals surface area contributed by atoms with E-state index in [4.69, 9.17) is 23.2 Å². The number of hydrogen-bond donors (Lipinski definition) is 1. The zero-order valence-corrected chi connectivity index (χ0v) is 11.3. The van der Waals surface area contributed by atoms with Gasteiger partial charge in [-0.3, -0.25) is 4.79 Å². The number of halogens is 3. The highest BCUT2D eigenvalue weighted by Crippen LogP contribution is 2.22. The summed E-state index contributed by atoms with van der Waals surface area (Å²) in [5.41, 5.74) is 0.789. The maximum Gasteiger partial charge on any atom is 0.228 e. The number of hydrogen-bond acceptors (Lipinski definition) is 1. The van der Waals surface area contributed by atoms with Crippen molar-refractivity contribution in [2.24, 2.45) is 0 Å². The van der Waals surface area contributed by atoms with Gasteiger partial charge in [-0.05, 0) is 29.8 Å². The third-order valence-electron chi connectivity index (χ3n) is 2.51. The van der Waals surface area contributed by atoms with Crippen molar-refractivity contribution in [2.45, 2.75) is 6.42 Å². The van der Waals surface area contributed by atoms with Gasteiger partial charge in [0, 0.05) is 10.0 Å². The summed E-state index contributed by atoms with van der Waals surface area (Å²) in [7, 11) is 0. The first-order valence-corrected chi connectivity index (χ1v) is 6.30. The Morgan fingerprint density at radius 1 is 1.16 bits per heavy atom. The Hall–Kier alpha value is -1.58. The molecule has 0 heterocycles. The average Bonchev–Trinajstić information content (AvgIpc) is 2.36. The van der Waals surface area contributed by atoms with Gasteiger partial charge in [0.15, 0.2) is 0 Å². The van der Waals surface area contributed by atoms with E-state index in [2.05, 4.69) is 5.32 Å². The summed E-state index contributed by atoms with van der Waals surface area (Å²) in [6.07, 6.45) is 0.0599. The summed E-state index contributed by atoms with van der Waals surface area (Å²) in [5.74, 6) is -0.813. The first-order valence-electron chi connectivity index (χ1n) is 5.54. The van der Waals surface area contributed by atoms with E-state index in [0.29, 0.717) is 15.6 Å². The molecule has 2 nitrogen and oxygen atoms in total. The topological polar surface area (TPSA) is 29.1 Å². The van der Waals surface area contributed by atoms with E-state index in [-0.39, 0.29) is 18.0 Å². The Balaban J connectivity index is 2.08. The number of anilines is 1. The van der Waals surface area contributed by atoms with Crippen LogP contribution in [0.3, 0.4) is 0 Å². The predicted molar refractivity (Wildman–Crippen MR) is 75.2 cm³/mol. The fourth-order valence-electron chi connectivity index (χ4n) is 1.60. The molecule has 0 aliphatic carbocycles. The van der Waals surface area contributed by atoms with Crippen molar-refractivity contribution in [3.8, 4) is 0 Å². The molecular weight excluding hydrogens is 288 g/mol. The molecule has 2 aromatic carbocycles. The van der Waals surface area contributed by atoms with Crippen LogP contribution in [0.2, 0.25) is 10.0 Å². The molecule has 0 fully saturated rings. The lowest BCUT2D eigenvalue weighted by molar-refractivity contribution is -0.115. The highest BCUT2D eigenvalue weighted by Gasteiger charge is 2.09. The molecule has 0 saturated carbocycles. The summed E-state index contributed by atoms with van der Waals surface area (Å²) in [6.45, 7) is 0. The van der Waals surface area contributed by atoms with Crippen LogP contribution in [-0.2, 0) is 11.2 Å². The number of amides is 1. The molecule has 0 radical (unpaired) electrons. The molecule has 0 aromatic heterocycles. The molecule has 0 spiro atoms. The lowest BCUT2D eigenvalue weighted by Gasteiger charge is -2.07. The van der Waals surface area contributed by atoms with E-state index in [1.807, 2.05) is 0 Å². The minimum absolute atomic E-state index is 0.0599. The number of para-hydroxylation sites is 1. The van der Waals surface area contributed by atoms with E-state index in [1.54, 1.807) is 30.3 Å². The third-order valence-corrected chi connectivity index (χ3v) is 3.10. The molecule has 0 atom stereocenters. The predicted octanol–water partition coefficient (Wildman–Crippen LogP) is 4.31. The van der Waals surface area contributed by atoms with Gasteiger partial charge in [-0.2, -0.15) is 0 Å². The second-order valence-corrected chi connectivity index (χ2v) is 4.78. The Bertz CT molecular complexity index is 616. The highest BCUT2D eigenvalue weighted by molar-refractivity contribution is 6.35. The first kappa shape index (κ1) is 13.8. The van der Waals surface area contributed by atoms with Gasteiger partial charge in [0.2, 0.25) is 5.91 Å². The lowest BCUT2D eigenvalue weighted by Crippen LogP contribution is -2.15. The van der Waals surface area contributed by atoms with E-state index in [9.17, 15) is 9.18 Å². The molecule has 1 N–H and O–H groups in total. The first-order chi connectivity index (χ1) is 9.06. The summed E-state index contributed by atoms with van der Waals surface area (Å²) >= 11 is 11.7. The van der Waals surface area contributed by atoms with E-state index in [0.717, 1.165) is 0 Å². The fourth-order valence-corrected chi connectivity index (χ4v) is 2.07. The second-order valence-electron chi connectivity index (χ2n) is 3.94. The van der Waals surface area contributed by atoms with E-state index in [1.165, 1.54) is 12.1 Å². The largest absolute Gasteiger partial charge is 0.323 e. The number of benzene rings is 2. The molecule has 0 bridgehead atoms. The van der Waals surface area contributed by atoms with Crippen molar-refractivity contribution in [1.29, 1.82) is 0 Å². The lowest BCUT2D eigenvalue weighted by atomic mass is 10.1. The molecule has 0 saturated heterocycles. The van der Waals surface area contributed by atoms with Crippen molar-refractivity contribution < 1.29 is 9.18 Å². The highest BCUT2D eigenvalue weighted by atomic mass is 35.5. The van der Waals surface area contributed by atoms with E-state index < -0.39 is 5.82 Å². The van der Waals surface area contributed by atoms with Crippen LogP contribution in [0, 0.1) is 5.82 Å². The second kappa shape index (κ2) is 6.04. The Kier molecular flexibility index (Phi) is 4.40. The standard InChI is InChI=1S/C14H10Cl2FNO/c15-10-6-5-9(11(16)8-10)7-14(19)18-13-4-2-1-3-12(13)17/h1-6,8H,7H2,(H,18,19). The van der Waals surface area contributed by atoms with Crippen LogP contribution in [0.1, 0.15) is 5.56 Å². The Morgan fingerprint density at radius 3 is 2.58 bits per heavy atom. The minimum Gasteiger partial charge on any atom is -0.323 e. The van der Waals surface area contributed by atoms with Gasteiger partial charge in [0.05, 0.1) is 12.1 Å². The maximum absolute atomic E-state index is 13.4. The molecule has 98 valence electrons. The van der Waals surface area contributed by atoms with Crippen LogP contribution >= 0.6 is 23.2 Å². The molecule has 0 unspecified atom stereocenters. The molecule has 0 aliphatic rings. The summed E-state index contributed by atoms with van der Waals surface area (Å²) in [6, 6.07) is 10.9. The average molecular weight is 298 g/mol. The smallest absolute Gasteiger partial charge is 0.228 e. The van der Waals surface area contributed by atoms with Crippen LogP contribution < -0.4 is 5.32 Å². The summed E-state index contributed by atoms with van der Waals surface area (Å²) in [5, 5.41) is 3.41. The molecule has 1 amide bonds. The molecule has 0 aliphatic heterocycles. The van der Waals surface area contributed by atoms with Crippen molar-refractivity contribution >= 4 is 34.8 Å². The quantitative estimate of drug-likeness (QED) is 0.898. The van der Waals surface area contributed by atoms with Crippen molar-refractivity contribution in [1.82, 2.24) is 0 Å². The Morgan fingerprint density at radius 2 is 1.89 bits per heavy atom. The van der Waals surface area contributed by atoms with Gasteiger partial charge in [0.25, 0.3) is 0 Å². The van der Waals surface area contributed by atoms with Gasteiger partial charge in [-0.1, -0.05) is 41.4 Å². The molecule has 19 heavy (non-hydrogen) atoms. The van der Waals surface area contributed by atoms with Crippen molar-refractivity contribution in [3.63, 3.8) is 0 Å². The molecule has 2 aromatic rings. The number of carbonyl (C=O) groups excluding carboxylic acids is 1. The number of carbonyl (C=O) groups is 1. The van der Waals surface area contributed by atoms with Crippen LogP contribution in [0.4, 0.5) is 10.1 Å². The normalized spacial score (nSPS) is 10.3. The van der Waals surface area contributed by atoms with Crippen LogP contribution in [0.25, 0.3) is 0 Å². The van der Waals surface area contributed by atoms with Gasteiger partial charge in [0.1, 0.15) is 5.82 Å². The number of rotatable bonds is 3. The molecule has 5 heteroatoms. The van der Waals surface area contributed by atoms with Crippen molar-refractivity contribution in [2.75, 3.05) is 5.32 Å². The third kappa shape index (κ3) is 3.69. The fraction of sp³-hybridized carbons (Fsp3) is 0.0714. The SMILES string of the molecule is O=C(Cc1ccc(Cl)cc1Cl)Nc1ccccc1F. The Labute approximate surface area is 120 Å². The van der Waals surface area contributed by atoms with Crippen molar-refractivity contribution in [3.05, 3.63) is 63.9 Å². The van der Waals surface area contributed by atoms with Gasteiger partial charge in [-0.15, -0.1) is 0 Å². The molecule has 2 rings (SSSR count). The van der Waals surface area contributed by atoms with Crippen LogP contribution in [0.15, 0.2) is 42.5 Å². The zero-order valence-electron chi connectivity index (χ0n) is 9.79. The summed E-state index contributed by atoms with van der Waals surface area (Å²) < 4.78 is 13.4. The van der Waals surface area contributed by atoms with Crippen LogP contribution in [0.5, 0.6) is 0 Å².